The zero-order valence-corrected chi connectivity index (χ0v) is 20.1. The lowest BCUT2D eigenvalue weighted by Gasteiger charge is -2.28. The quantitative estimate of drug-likeness (QED) is 0.502. The first-order valence-corrected chi connectivity index (χ1v) is 13.0. The number of carbonyl (C=O) groups excluding carboxylic acids is 1. The van der Waals surface area contributed by atoms with Gasteiger partial charge in [0.05, 0.1) is 24.6 Å². The van der Waals surface area contributed by atoms with Crippen LogP contribution in [-0.2, 0) is 27.7 Å². The number of nitrogens with zero attached hydrogens (tertiary/aromatic N) is 1. The molecule has 34 heavy (non-hydrogen) atoms. The highest BCUT2D eigenvalue weighted by atomic mass is 32.2. The number of methoxy groups -OCH3 is 1. The molecule has 0 spiro atoms. The lowest BCUT2D eigenvalue weighted by Crippen LogP contribution is -2.43. The standard InChI is InChI=1S/C27H30N2O4S/c1-33-23-14-16-24(17-15-23)34(31,32)29(19-18-21-8-3-2-4-9-21)20-27(30)28-26-13-7-11-22-10-5-6-12-25(22)26/h2-6,8-10,12,14-17,26H,7,11,13,18-20H2,1H3,(H,28,30)/t26-/m1/s1. The third kappa shape index (κ3) is 5.66. The molecule has 0 fully saturated rings. The van der Waals surface area contributed by atoms with Gasteiger partial charge in [-0.1, -0.05) is 54.6 Å². The lowest BCUT2D eigenvalue weighted by molar-refractivity contribution is -0.122. The molecule has 0 aliphatic heterocycles. The van der Waals surface area contributed by atoms with Crippen LogP contribution in [0, 0.1) is 0 Å². The van der Waals surface area contributed by atoms with Gasteiger partial charge in [-0.15, -0.1) is 0 Å². The van der Waals surface area contributed by atoms with Crippen LogP contribution in [-0.4, -0.2) is 38.8 Å². The van der Waals surface area contributed by atoms with Gasteiger partial charge in [-0.2, -0.15) is 4.31 Å². The van der Waals surface area contributed by atoms with E-state index in [0.717, 1.165) is 30.4 Å². The molecule has 0 heterocycles. The molecular weight excluding hydrogens is 448 g/mol. The largest absolute Gasteiger partial charge is 0.497 e. The number of carbonyl (C=O) groups is 1. The Morgan fingerprint density at radius 2 is 1.71 bits per heavy atom. The predicted molar refractivity (Wildman–Crippen MR) is 132 cm³/mol. The van der Waals surface area contributed by atoms with Gasteiger partial charge in [0, 0.05) is 6.54 Å². The molecule has 1 aliphatic rings. The molecule has 0 bridgehead atoms. The van der Waals surface area contributed by atoms with Crippen LogP contribution < -0.4 is 10.1 Å². The first-order valence-electron chi connectivity index (χ1n) is 11.5. The maximum Gasteiger partial charge on any atom is 0.243 e. The van der Waals surface area contributed by atoms with Crippen molar-refractivity contribution in [3.63, 3.8) is 0 Å². The molecule has 0 radical (unpaired) electrons. The topological polar surface area (TPSA) is 75.7 Å². The van der Waals surface area contributed by atoms with Crippen LogP contribution >= 0.6 is 0 Å². The molecule has 0 unspecified atom stereocenters. The molecule has 1 aliphatic carbocycles. The summed E-state index contributed by atoms with van der Waals surface area (Å²) in [6.45, 7) is -0.0348. The molecule has 6 nitrogen and oxygen atoms in total. The number of nitrogens with one attached hydrogen (secondary N) is 1. The summed E-state index contributed by atoms with van der Waals surface area (Å²) in [7, 11) is -2.34. The summed E-state index contributed by atoms with van der Waals surface area (Å²) in [5.74, 6) is 0.273. The number of ether oxygens (including phenoxy) is 1. The van der Waals surface area contributed by atoms with E-state index in [9.17, 15) is 13.2 Å². The minimum absolute atomic E-state index is 0.0999. The van der Waals surface area contributed by atoms with Gasteiger partial charge < -0.3 is 10.1 Å². The van der Waals surface area contributed by atoms with Gasteiger partial charge >= 0.3 is 0 Å². The third-order valence-corrected chi connectivity index (χ3v) is 8.07. The monoisotopic (exact) mass is 478 g/mol. The van der Waals surface area contributed by atoms with Gasteiger partial charge in [0.1, 0.15) is 5.75 Å². The highest BCUT2D eigenvalue weighted by molar-refractivity contribution is 7.89. The average Bonchev–Trinajstić information content (AvgIpc) is 2.87. The minimum Gasteiger partial charge on any atom is -0.497 e. The van der Waals surface area contributed by atoms with Crippen molar-refractivity contribution in [1.82, 2.24) is 9.62 Å². The van der Waals surface area contributed by atoms with Crippen LogP contribution in [0.25, 0.3) is 0 Å². The van der Waals surface area contributed by atoms with Gasteiger partial charge in [-0.25, -0.2) is 8.42 Å². The number of aryl methyl sites for hydroxylation is 1. The van der Waals surface area contributed by atoms with Crippen molar-refractivity contribution in [2.24, 2.45) is 0 Å². The molecule has 1 amide bonds. The second kappa shape index (κ2) is 10.8. The van der Waals surface area contributed by atoms with Gasteiger partial charge in [0.15, 0.2) is 0 Å². The van der Waals surface area contributed by atoms with Crippen molar-refractivity contribution in [2.75, 3.05) is 20.2 Å². The summed E-state index contributed by atoms with van der Waals surface area (Å²) >= 11 is 0. The maximum absolute atomic E-state index is 13.5. The fourth-order valence-corrected chi connectivity index (χ4v) is 5.78. The smallest absolute Gasteiger partial charge is 0.243 e. The fraction of sp³-hybridized carbons (Fsp3) is 0.296. The minimum atomic E-state index is -3.88. The molecular formula is C27H30N2O4S. The van der Waals surface area contributed by atoms with E-state index in [1.165, 1.54) is 29.1 Å². The van der Waals surface area contributed by atoms with E-state index in [4.69, 9.17) is 4.74 Å². The Morgan fingerprint density at radius 3 is 2.44 bits per heavy atom. The Labute approximate surface area is 201 Å². The number of rotatable bonds is 9. The highest BCUT2D eigenvalue weighted by Crippen LogP contribution is 2.29. The second-order valence-corrected chi connectivity index (χ2v) is 10.4. The van der Waals surface area contributed by atoms with Crippen LogP contribution in [0.3, 0.4) is 0 Å². The van der Waals surface area contributed by atoms with Crippen LogP contribution in [0.1, 0.15) is 35.6 Å². The van der Waals surface area contributed by atoms with Crippen LogP contribution in [0.5, 0.6) is 5.75 Å². The highest BCUT2D eigenvalue weighted by Gasteiger charge is 2.28. The molecule has 0 saturated carbocycles. The first kappa shape index (κ1) is 24.0. The number of hydrogen-bond donors (Lipinski definition) is 1. The van der Waals surface area contributed by atoms with Crippen LogP contribution in [0.2, 0.25) is 0 Å². The van der Waals surface area contributed by atoms with E-state index in [1.807, 2.05) is 48.5 Å². The summed E-state index contributed by atoms with van der Waals surface area (Å²) in [5, 5.41) is 3.08. The van der Waals surface area contributed by atoms with Crippen molar-refractivity contribution in [2.45, 2.75) is 36.6 Å². The third-order valence-electron chi connectivity index (χ3n) is 6.21. The Hall–Kier alpha value is -3.16. The van der Waals surface area contributed by atoms with E-state index >= 15 is 0 Å². The molecule has 1 N–H and O–H groups in total. The molecule has 3 aromatic rings. The van der Waals surface area contributed by atoms with Crippen LogP contribution in [0.4, 0.5) is 0 Å². The van der Waals surface area contributed by atoms with Crippen molar-refractivity contribution in [3.05, 3.63) is 95.6 Å². The number of hydrogen-bond acceptors (Lipinski definition) is 4. The summed E-state index contributed by atoms with van der Waals surface area (Å²) < 4.78 is 33.4. The fourth-order valence-electron chi connectivity index (χ4n) is 4.38. The predicted octanol–water partition coefficient (Wildman–Crippen LogP) is 4.12. The SMILES string of the molecule is COc1ccc(S(=O)(=O)N(CCc2ccccc2)CC(=O)N[C@@H]2CCCc3ccccc32)cc1. The van der Waals surface area contributed by atoms with Crippen molar-refractivity contribution >= 4 is 15.9 Å². The van der Waals surface area contributed by atoms with E-state index in [1.54, 1.807) is 12.1 Å². The van der Waals surface area contributed by atoms with Crippen molar-refractivity contribution in [1.29, 1.82) is 0 Å². The number of amides is 1. The summed E-state index contributed by atoms with van der Waals surface area (Å²) in [6.07, 6.45) is 3.34. The Balaban J connectivity index is 1.53. The van der Waals surface area contributed by atoms with E-state index in [-0.39, 0.29) is 29.9 Å². The molecule has 3 aromatic carbocycles. The van der Waals surface area contributed by atoms with Gasteiger partial charge in [-0.3, -0.25) is 4.79 Å². The second-order valence-electron chi connectivity index (χ2n) is 8.46. The average molecular weight is 479 g/mol. The van der Waals surface area contributed by atoms with Crippen LogP contribution in [0.15, 0.2) is 83.8 Å². The van der Waals surface area contributed by atoms with E-state index in [2.05, 4.69) is 11.4 Å². The molecule has 7 heteroatoms. The summed E-state index contributed by atoms with van der Waals surface area (Å²) in [4.78, 5) is 13.2. The molecule has 178 valence electrons. The zero-order chi connectivity index (χ0) is 24.0. The summed E-state index contributed by atoms with van der Waals surface area (Å²) in [5.41, 5.74) is 3.38. The maximum atomic E-state index is 13.5. The van der Waals surface area contributed by atoms with Crippen molar-refractivity contribution < 1.29 is 17.9 Å². The molecule has 1 atom stereocenters. The van der Waals surface area contributed by atoms with Gasteiger partial charge in [-0.05, 0) is 66.6 Å². The van der Waals surface area contributed by atoms with E-state index in [0.29, 0.717) is 12.2 Å². The Kier molecular flexibility index (Phi) is 7.65. The molecule has 0 saturated heterocycles. The van der Waals surface area contributed by atoms with Crippen molar-refractivity contribution in [3.8, 4) is 5.75 Å². The zero-order valence-electron chi connectivity index (χ0n) is 19.3. The Morgan fingerprint density at radius 1 is 1.00 bits per heavy atom. The normalized spacial score (nSPS) is 15.5. The number of fused-ring (bicyclic) bond motifs is 1. The number of sulfonamides is 1. The number of benzene rings is 3. The van der Waals surface area contributed by atoms with Gasteiger partial charge in [0.2, 0.25) is 15.9 Å². The Bertz CT molecular complexity index is 1210. The van der Waals surface area contributed by atoms with E-state index < -0.39 is 10.0 Å². The lowest BCUT2D eigenvalue weighted by atomic mass is 9.88. The molecule has 4 rings (SSSR count). The van der Waals surface area contributed by atoms with Gasteiger partial charge in [0.25, 0.3) is 0 Å². The summed E-state index contributed by atoms with van der Waals surface area (Å²) in [6, 6.07) is 23.9. The first-order chi connectivity index (χ1) is 16.5. The molecule has 0 aromatic heterocycles.